The van der Waals surface area contributed by atoms with Crippen molar-refractivity contribution in [3.05, 3.63) is 0 Å². The maximum absolute atomic E-state index is 12.1. The first-order valence-corrected chi connectivity index (χ1v) is 7.23. The third kappa shape index (κ3) is 3.12. The molecule has 0 saturated carbocycles. The molecule has 4 nitrogen and oxygen atoms in total. The van der Waals surface area contributed by atoms with Gasteiger partial charge in [-0.2, -0.15) is 11.8 Å². The minimum atomic E-state index is 0.306. The molecule has 1 amide bonds. The summed E-state index contributed by atoms with van der Waals surface area (Å²) in [6, 6.07) is 0.547. The number of carbonyl (C=O) groups is 1. The monoisotopic (exact) mass is 243 g/mol. The molecule has 16 heavy (non-hydrogen) atoms. The lowest BCUT2D eigenvalue weighted by atomic mass is 10.3. The molecule has 0 aliphatic carbocycles. The van der Waals surface area contributed by atoms with Crippen LogP contribution in [-0.2, 0) is 4.79 Å². The number of piperazine rings is 1. The van der Waals surface area contributed by atoms with Gasteiger partial charge >= 0.3 is 0 Å². The molecule has 2 aliphatic rings. The molecule has 2 fully saturated rings. The second-order valence-corrected chi connectivity index (χ2v) is 5.68. The Labute approximate surface area is 102 Å². The van der Waals surface area contributed by atoms with Crippen molar-refractivity contribution in [3.8, 4) is 0 Å². The van der Waals surface area contributed by atoms with Crippen LogP contribution in [0.3, 0.4) is 0 Å². The quantitative estimate of drug-likeness (QED) is 0.732. The maximum atomic E-state index is 12.1. The predicted molar refractivity (Wildman–Crippen MR) is 67.8 cm³/mol. The van der Waals surface area contributed by atoms with E-state index in [2.05, 4.69) is 17.1 Å². The fraction of sp³-hybridized carbons (Fsp3) is 0.909. The predicted octanol–water partition coefficient (Wildman–Crippen LogP) is -0.144. The highest BCUT2D eigenvalue weighted by Gasteiger charge is 2.24. The number of amides is 1. The number of rotatable bonds is 2. The molecule has 0 aromatic rings. The van der Waals surface area contributed by atoms with Gasteiger partial charge in [0.25, 0.3) is 0 Å². The molecule has 0 bridgehead atoms. The Kier molecular flexibility index (Phi) is 4.49. The third-order valence-corrected chi connectivity index (χ3v) is 4.50. The van der Waals surface area contributed by atoms with Crippen LogP contribution in [0.15, 0.2) is 0 Å². The van der Waals surface area contributed by atoms with Crippen LogP contribution in [-0.4, -0.2) is 72.5 Å². The Bertz CT molecular complexity index is 243. The van der Waals surface area contributed by atoms with Crippen LogP contribution in [0.1, 0.15) is 6.92 Å². The van der Waals surface area contributed by atoms with Gasteiger partial charge in [0, 0.05) is 50.3 Å². The van der Waals surface area contributed by atoms with E-state index < -0.39 is 0 Å². The van der Waals surface area contributed by atoms with Crippen LogP contribution in [0, 0.1) is 0 Å². The zero-order valence-electron chi connectivity index (χ0n) is 9.95. The van der Waals surface area contributed by atoms with Gasteiger partial charge < -0.3 is 10.2 Å². The van der Waals surface area contributed by atoms with Crippen molar-refractivity contribution in [2.45, 2.75) is 13.0 Å². The number of carbonyl (C=O) groups excluding carboxylic acids is 1. The average Bonchev–Trinajstić information content (AvgIpc) is 2.33. The fourth-order valence-electron chi connectivity index (χ4n) is 2.18. The molecular formula is C11H21N3OS. The van der Waals surface area contributed by atoms with Crippen molar-refractivity contribution in [1.29, 1.82) is 0 Å². The lowest BCUT2D eigenvalue weighted by Crippen LogP contribution is -2.52. The molecule has 0 radical (unpaired) electrons. The van der Waals surface area contributed by atoms with Crippen LogP contribution in [0.2, 0.25) is 0 Å². The van der Waals surface area contributed by atoms with Gasteiger partial charge in [-0.3, -0.25) is 9.69 Å². The Morgan fingerprint density at radius 3 is 2.81 bits per heavy atom. The van der Waals surface area contributed by atoms with Gasteiger partial charge in [-0.1, -0.05) is 0 Å². The molecule has 2 heterocycles. The summed E-state index contributed by atoms with van der Waals surface area (Å²) in [4.78, 5) is 16.4. The van der Waals surface area contributed by atoms with Gasteiger partial charge in [-0.15, -0.1) is 0 Å². The highest BCUT2D eigenvalue weighted by Crippen LogP contribution is 2.15. The molecule has 1 N–H and O–H groups in total. The van der Waals surface area contributed by atoms with E-state index in [4.69, 9.17) is 0 Å². The van der Waals surface area contributed by atoms with Crippen LogP contribution in [0.5, 0.6) is 0 Å². The number of thioether (sulfide) groups is 1. The molecule has 0 aromatic heterocycles. The largest absolute Gasteiger partial charge is 0.339 e. The normalized spacial score (nSPS) is 28.1. The second-order valence-electron chi connectivity index (χ2n) is 4.53. The first-order valence-electron chi connectivity index (χ1n) is 6.07. The van der Waals surface area contributed by atoms with Gasteiger partial charge in [0.2, 0.25) is 5.91 Å². The summed E-state index contributed by atoms with van der Waals surface area (Å²) >= 11 is 1.99. The van der Waals surface area contributed by atoms with E-state index in [-0.39, 0.29) is 0 Å². The van der Waals surface area contributed by atoms with Crippen LogP contribution < -0.4 is 5.32 Å². The summed E-state index contributed by atoms with van der Waals surface area (Å²) in [6.45, 7) is 7.52. The van der Waals surface area contributed by atoms with Gasteiger partial charge in [-0.25, -0.2) is 0 Å². The minimum Gasteiger partial charge on any atom is -0.339 e. The molecule has 0 aromatic carbocycles. The Morgan fingerprint density at radius 2 is 2.12 bits per heavy atom. The summed E-state index contributed by atoms with van der Waals surface area (Å²) in [5, 5.41) is 3.27. The number of hydrogen-bond donors (Lipinski definition) is 1. The fourth-order valence-corrected chi connectivity index (χ4v) is 3.27. The standard InChI is InChI=1S/C11H21N3OS/c1-10-9-16-7-6-14(10)8-11(15)13-4-2-12-3-5-13/h10,12H,2-9H2,1H3. The van der Waals surface area contributed by atoms with E-state index in [1.807, 2.05) is 16.7 Å². The molecule has 5 heteroatoms. The van der Waals surface area contributed by atoms with E-state index in [9.17, 15) is 4.79 Å². The summed E-state index contributed by atoms with van der Waals surface area (Å²) in [6.07, 6.45) is 0. The highest BCUT2D eigenvalue weighted by atomic mass is 32.2. The molecular weight excluding hydrogens is 222 g/mol. The SMILES string of the molecule is CC1CSCCN1CC(=O)N1CCNCC1. The molecule has 2 saturated heterocycles. The van der Waals surface area contributed by atoms with Crippen LogP contribution >= 0.6 is 11.8 Å². The first-order chi connectivity index (χ1) is 7.77. The molecule has 2 rings (SSSR count). The molecule has 1 unspecified atom stereocenters. The molecule has 0 spiro atoms. The van der Waals surface area contributed by atoms with Crippen molar-refractivity contribution in [2.75, 3.05) is 50.8 Å². The van der Waals surface area contributed by atoms with Crippen LogP contribution in [0.4, 0.5) is 0 Å². The number of hydrogen-bond acceptors (Lipinski definition) is 4. The third-order valence-electron chi connectivity index (χ3n) is 3.31. The van der Waals surface area contributed by atoms with E-state index in [1.165, 1.54) is 5.75 Å². The van der Waals surface area contributed by atoms with Crippen molar-refractivity contribution in [2.24, 2.45) is 0 Å². The second kappa shape index (κ2) is 5.89. The summed E-state index contributed by atoms with van der Waals surface area (Å²) in [7, 11) is 0. The van der Waals surface area contributed by atoms with E-state index in [0.29, 0.717) is 18.5 Å². The minimum absolute atomic E-state index is 0.306. The maximum Gasteiger partial charge on any atom is 0.236 e. The van der Waals surface area contributed by atoms with Gasteiger partial charge in [0.15, 0.2) is 0 Å². The zero-order valence-corrected chi connectivity index (χ0v) is 10.8. The van der Waals surface area contributed by atoms with Crippen molar-refractivity contribution in [3.63, 3.8) is 0 Å². The molecule has 92 valence electrons. The van der Waals surface area contributed by atoms with Gasteiger partial charge in [0.05, 0.1) is 6.54 Å². The Hall–Kier alpha value is -0.260. The smallest absolute Gasteiger partial charge is 0.236 e. The first kappa shape index (κ1) is 12.2. The Morgan fingerprint density at radius 1 is 1.38 bits per heavy atom. The van der Waals surface area contributed by atoms with Gasteiger partial charge in [0.1, 0.15) is 0 Å². The van der Waals surface area contributed by atoms with Crippen LogP contribution in [0.25, 0.3) is 0 Å². The van der Waals surface area contributed by atoms with Crippen molar-refractivity contribution in [1.82, 2.24) is 15.1 Å². The van der Waals surface area contributed by atoms with E-state index in [0.717, 1.165) is 38.5 Å². The average molecular weight is 243 g/mol. The van der Waals surface area contributed by atoms with Crippen molar-refractivity contribution >= 4 is 17.7 Å². The number of nitrogens with one attached hydrogen (secondary N) is 1. The summed E-state index contributed by atoms with van der Waals surface area (Å²) in [5.74, 6) is 2.63. The van der Waals surface area contributed by atoms with E-state index >= 15 is 0 Å². The topological polar surface area (TPSA) is 35.6 Å². The summed E-state index contributed by atoms with van der Waals surface area (Å²) in [5.41, 5.74) is 0. The summed E-state index contributed by atoms with van der Waals surface area (Å²) < 4.78 is 0. The lowest BCUT2D eigenvalue weighted by Gasteiger charge is -2.35. The van der Waals surface area contributed by atoms with Gasteiger partial charge in [-0.05, 0) is 6.92 Å². The van der Waals surface area contributed by atoms with Crippen molar-refractivity contribution < 1.29 is 4.79 Å². The Balaban J connectivity index is 1.80. The molecule has 2 aliphatic heterocycles. The zero-order chi connectivity index (χ0) is 11.4. The molecule has 1 atom stereocenters. The highest BCUT2D eigenvalue weighted by molar-refractivity contribution is 7.99. The lowest BCUT2D eigenvalue weighted by molar-refractivity contribution is -0.133. The van der Waals surface area contributed by atoms with E-state index in [1.54, 1.807) is 0 Å². The number of nitrogens with zero attached hydrogens (tertiary/aromatic N) is 2.